The maximum Gasteiger partial charge on any atom is 0.258 e. The van der Waals surface area contributed by atoms with E-state index >= 15 is 0 Å². The quantitative estimate of drug-likeness (QED) is 0.665. The van der Waals surface area contributed by atoms with Crippen LogP contribution in [0, 0.1) is 0 Å². The van der Waals surface area contributed by atoms with E-state index in [-0.39, 0.29) is 24.5 Å². The third-order valence-corrected chi connectivity index (χ3v) is 5.21. The fourth-order valence-corrected chi connectivity index (χ4v) is 3.61. The summed E-state index contributed by atoms with van der Waals surface area (Å²) in [5, 5.41) is 2.93. The Morgan fingerprint density at radius 1 is 1.24 bits per heavy atom. The Balaban J connectivity index is 1.49. The fourth-order valence-electron chi connectivity index (χ4n) is 3.61. The van der Waals surface area contributed by atoms with E-state index in [1.165, 1.54) is 0 Å². The van der Waals surface area contributed by atoms with Gasteiger partial charge in [-0.05, 0) is 55.9 Å². The number of likely N-dealkylation sites (N-methyl/N-ethyl adjacent to an activating group) is 1. The van der Waals surface area contributed by atoms with Gasteiger partial charge in [-0.15, -0.1) is 0 Å². The maximum atomic E-state index is 12.3. The van der Waals surface area contributed by atoms with Crippen molar-refractivity contribution >= 4 is 17.5 Å². The summed E-state index contributed by atoms with van der Waals surface area (Å²) < 4.78 is 11.1. The zero-order valence-corrected chi connectivity index (χ0v) is 17.1. The van der Waals surface area contributed by atoms with E-state index in [0.29, 0.717) is 18.7 Å². The second-order valence-corrected chi connectivity index (χ2v) is 6.99. The zero-order chi connectivity index (χ0) is 20.6. The van der Waals surface area contributed by atoms with E-state index in [4.69, 9.17) is 9.15 Å². The van der Waals surface area contributed by atoms with E-state index in [0.717, 1.165) is 37.5 Å². The molecule has 0 radical (unpaired) electrons. The van der Waals surface area contributed by atoms with Gasteiger partial charge < -0.3 is 19.4 Å². The highest BCUT2D eigenvalue weighted by atomic mass is 16.5. The van der Waals surface area contributed by atoms with Gasteiger partial charge >= 0.3 is 0 Å². The molecule has 0 spiro atoms. The standard InChI is InChI=1S/C22H29N3O4/c1-3-24(4-2)19(20-7-6-14-28-20)15-23-21(26)16-29-18-11-9-17(10-12-18)25-13-5-8-22(25)27/h6-7,9-12,14,19H,3-5,8,13,15-16H2,1-2H3,(H,23,26). The molecule has 1 unspecified atom stereocenters. The van der Waals surface area contributed by atoms with Crippen molar-refractivity contribution < 1.29 is 18.7 Å². The summed E-state index contributed by atoms with van der Waals surface area (Å²) in [5.41, 5.74) is 0.866. The first kappa shape index (κ1) is 20.9. The lowest BCUT2D eigenvalue weighted by molar-refractivity contribution is -0.123. The lowest BCUT2D eigenvalue weighted by Crippen LogP contribution is -2.39. The van der Waals surface area contributed by atoms with Crippen LogP contribution in [0.1, 0.15) is 38.5 Å². The van der Waals surface area contributed by atoms with Crippen LogP contribution in [0.3, 0.4) is 0 Å². The van der Waals surface area contributed by atoms with Gasteiger partial charge in [0.15, 0.2) is 6.61 Å². The number of benzene rings is 1. The molecule has 1 fully saturated rings. The minimum absolute atomic E-state index is 0.0127. The van der Waals surface area contributed by atoms with E-state index in [9.17, 15) is 9.59 Å². The molecule has 0 aliphatic carbocycles. The van der Waals surface area contributed by atoms with Crippen molar-refractivity contribution in [2.75, 3.05) is 37.7 Å². The summed E-state index contributed by atoms with van der Waals surface area (Å²) in [5.74, 6) is 1.40. The highest BCUT2D eigenvalue weighted by Gasteiger charge is 2.22. The molecule has 1 aromatic carbocycles. The van der Waals surface area contributed by atoms with Crippen LogP contribution >= 0.6 is 0 Å². The molecule has 1 aliphatic rings. The van der Waals surface area contributed by atoms with Gasteiger partial charge in [0.05, 0.1) is 12.3 Å². The second kappa shape index (κ2) is 10.1. The first-order chi connectivity index (χ1) is 14.1. The van der Waals surface area contributed by atoms with E-state index in [2.05, 4.69) is 24.1 Å². The van der Waals surface area contributed by atoms with E-state index in [1.54, 1.807) is 23.3 Å². The molecule has 7 heteroatoms. The van der Waals surface area contributed by atoms with Crippen molar-refractivity contribution in [3.8, 4) is 5.75 Å². The highest BCUT2D eigenvalue weighted by molar-refractivity contribution is 5.95. The van der Waals surface area contributed by atoms with Crippen molar-refractivity contribution in [2.45, 2.75) is 32.7 Å². The first-order valence-electron chi connectivity index (χ1n) is 10.2. The van der Waals surface area contributed by atoms with Crippen LogP contribution in [0.25, 0.3) is 0 Å². The molecule has 0 bridgehead atoms. The Labute approximate surface area is 171 Å². The van der Waals surface area contributed by atoms with Crippen LogP contribution in [0.15, 0.2) is 47.1 Å². The Morgan fingerprint density at radius 2 is 2.00 bits per heavy atom. The van der Waals surface area contributed by atoms with Gasteiger partial charge in [0.2, 0.25) is 5.91 Å². The number of nitrogens with one attached hydrogen (secondary N) is 1. The lowest BCUT2D eigenvalue weighted by Gasteiger charge is -2.28. The summed E-state index contributed by atoms with van der Waals surface area (Å²) in [6, 6.07) is 11.1. The number of ether oxygens (including phenoxy) is 1. The van der Waals surface area contributed by atoms with Crippen LogP contribution in [-0.4, -0.2) is 49.5 Å². The van der Waals surface area contributed by atoms with Gasteiger partial charge in [0.1, 0.15) is 11.5 Å². The predicted molar refractivity (Wildman–Crippen MR) is 111 cm³/mol. The molecule has 1 aliphatic heterocycles. The molecule has 2 amide bonds. The zero-order valence-electron chi connectivity index (χ0n) is 17.1. The largest absolute Gasteiger partial charge is 0.484 e. The minimum atomic E-state index is -0.187. The summed E-state index contributed by atoms with van der Waals surface area (Å²) in [7, 11) is 0. The number of carbonyl (C=O) groups excluding carboxylic acids is 2. The molecule has 1 aromatic heterocycles. The van der Waals surface area contributed by atoms with Crippen molar-refractivity contribution in [1.82, 2.24) is 10.2 Å². The number of carbonyl (C=O) groups is 2. The van der Waals surface area contributed by atoms with Gasteiger partial charge in [-0.2, -0.15) is 0 Å². The molecule has 1 saturated heterocycles. The molecule has 3 rings (SSSR count). The molecular weight excluding hydrogens is 370 g/mol. The van der Waals surface area contributed by atoms with Crippen molar-refractivity contribution in [1.29, 1.82) is 0 Å². The Morgan fingerprint density at radius 3 is 2.59 bits per heavy atom. The SMILES string of the molecule is CCN(CC)C(CNC(=O)COc1ccc(N2CCCC2=O)cc1)c1ccco1. The summed E-state index contributed by atoms with van der Waals surface area (Å²) >= 11 is 0. The van der Waals surface area contributed by atoms with Gasteiger partial charge in [-0.3, -0.25) is 14.5 Å². The average Bonchev–Trinajstić information content (AvgIpc) is 3.42. The third-order valence-electron chi connectivity index (χ3n) is 5.21. The Hall–Kier alpha value is -2.80. The van der Waals surface area contributed by atoms with Gasteiger partial charge in [-0.1, -0.05) is 13.8 Å². The number of hydrogen-bond acceptors (Lipinski definition) is 5. The van der Waals surface area contributed by atoms with E-state index < -0.39 is 0 Å². The maximum absolute atomic E-state index is 12.3. The molecular formula is C22H29N3O4. The molecule has 156 valence electrons. The van der Waals surface area contributed by atoms with Crippen LogP contribution in [-0.2, 0) is 9.59 Å². The number of furan rings is 1. The van der Waals surface area contributed by atoms with Crippen LogP contribution in [0.5, 0.6) is 5.75 Å². The molecule has 7 nitrogen and oxygen atoms in total. The summed E-state index contributed by atoms with van der Waals surface area (Å²) in [4.78, 5) is 28.1. The van der Waals surface area contributed by atoms with Gasteiger partial charge in [0, 0.05) is 25.2 Å². The third kappa shape index (κ3) is 5.38. The van der Waals surface area contributed by atoms with Crippen molar-refractivity contribution in [2.24, 2.45) is 0 Å². The normalized spacial score (nSPS) is 15.0. The second-order valence-electron chi connectivity index (χ2n) is 6.99. The van der Waals surface area contributed by atoms with E-state index in [1.807, 2.05) is 24.3 Å². The molecule has 0 saturated carbocycles. The lowest BCUT2D eigenvalue weighted by atomic mass is 10.2. The van der Waals surface area contributed by atoms with Crippen molar-refractivity contribution in [3.05, 3.63) is 48.4 Å². The molecule has 2 aromatic rings. The molecule has 1 N–H and O–H groups in total. The fraction of sp³-hybridized carbons (Fsp3) is 0.455. The summed E-state index contributed by atoms with van der Waals surface area (Å²) in [6.07, 6.45) is 3.14. The smallest absolute Gasteiger partial charge is 0.258 e. The monoisotopic (exact) mass is 399 g/mol. The van der Waals surface area contributed by atoms with Gasteiger partial charge in [0.25, 0.3) is 5.91 Å². The minimum Gasteiger partial charge on any atom is -0.484 e. The number of nitrogens with zero attached hydrogens (tertiary/aromatic N) is 2. The van der Waals surface area contributed by atoms with Crippen LogP contribution < -0.4 is 15.0 Å². The van der Waals surface area contributed by atoms with Gasteiger partial charge in [-0.25, -0.2) is 0 Å². The van der Waals surface area contributed by atoms with Crippen LogP contribution in [0.2, 0.25) is 0 Å². The number of rotatable bonds is 10. The topological polar surface area (TPSA) is 75.0 Å². The molecule has 2 heterocycles. The number of amides is 2. The Bertz CT molecular complexity index is 785. The first-order valence-corrected chi connectivity index (χ1v) is 10.2. The van der Waals surface area contributed by atoms with Crippen LogP contribution in [0.4, 0.5) is 5.69 Å². The average molecular weight is 399 g/mol. The summed E-state index contributed by atoms with van der Waals surface area (Å²) in [6.45, 7) is 7.04. The molecule has 29 heavy (non-hydrogen) atoms. The highest BCUT2D eigenvalue weighted by Crippen LogP contribution is 2.24. The number of anilines is 1. The molecule has 1 atom stereocenters. The number of hydrogen-bond donors (Lipinski definition) is 1. The predicted octanol–water partition coefficient (Wildman–Crippen LogP) is 2.98. The Kier molecular flexibility index (Phi) is 7.30. The van der Waals surface area contributed by atoms with Crippen molar-refractivity contribution in [3.63, 3.8) is 0 Å².